The van der Waals surface area contributed by atoms with E-state index in [1.165, 1.54) is 11.3 Å². The molecule has 0 fully saturated rings. The fourth-order valence-electron chi connectivity index (χ4n) is 1.72. The van der Waals surface area contributed by atoms with Crippen LogP contribution >= 0.6 is 22.9 Å². The van der Waals surface area contributed by atoms with Crippen molar-refractivity contribution in [3.63, 3.8) is 0 Å². The SMILES string of the molecule is CCc1nc(NC(=O)c2cc(Cl)ncc2[N+](=O)[O-])sc1C. The van der Waals surface area contributed by atoms with Gasteiger partial charge in [0, 0.05) is 4.88 Å². The number of hydrogen-bond acceptors (Lipinski definition) is 6. The number of aryl methyl sites for hydroxylation is 2. The molecule has 0 spiro atoms. The van der Waals surface area contributed by atoms with E-state index in [4.69, 9.17) is 11.6 Å². The van der Waals surface area contributed by atoms with Crippen LogP contribution in [0.3, 0.4) is 0 Å². The van der Waals surface area contributed by atoms with Crippen LogP contribution in [0.2, 0.25) is 5.15 Å². The lowest BCUT2D eigenvalue weighted by atomic mass is 10.2. The molecule has 0 saturated heterocycles. The Bertz CT molecular complexity index is 717. The molecule has 0 unspecified atom stereocenters. The number of thiazole rings is 1. The van der Waals surface area contributed by atoms with Crippen LogP contribution in [0.5, 0.6) is 0 Å². The van der Waals surface area contributed by atoms with Crippen molar-refractivity contribution in [3.05, 3.63) is 43.7 Å². The minimum absolute atomic E-state index is 0.00955. The Kier molecular flexibility index (Phi) is 4.49. The number of pyridine rings is 1. The Morgan fingerprint density at radius 1 is 1.57 bits per heavy atom. The normalized spacial score (nSPS) is 10.4. The standard InChI is InChI=1S/C12H11ClN4O3S/c1-3-8-6(2)21-12(15-8)16-11(18)7-4-10(13)14-5-9(7)17(19)20/h4-5H,3H2,1-2H3,(H,15,16,18). The fourth-order valence-corrected chi connectivity index (χ4v) is 2.78. The van der Waals surface area contributed by atoms with E-state index < -0.39 is 16.5 Å². The third kappa shape index (κ3) is 3.34. The Balaban J connectivity index is 2.31. The summed E-state index contributed by atoms with van der Waals surface area (Å²) in [7, 11) is 0. The number of halogens is 1. The lowest BCUT2D eigenvalue weighted by Crippen LogP contribution is -2.14. The van der Waals surface area contributed by atoms with Gasteiger partial charge in [-0.15, -0.1) is 11.3 Å². The second-order valence-electron chi connectivity index (χ2n) is 4.11. The number of aromatic nitrogens is 2. The summed E-state index contributed by atoms with van der Waals surface area (Å²) in [5.74, 6) is -0.637. The van der Waals surface area contributed by atoms with E-state index >= 15 is 0 Å². The molecule has 110 valence electrons. The molecule has 0 aliphatic carbocycles. The summed E-state index contributed by atoms with van der Waals surface area (Å²) >= 11 is 7.01. The molecule has 0 saturated carbocycles. The fraction of sp³-hybridized carbons (Fsp3) is 0.250. The first-order chi connectivity index (χ1) is 9.92. The van der Waals surface area contributed by atoms with Gasteiger partial charge in [0.25, 0.3) is 11.6 Å². The van der Waals surface area contributed by atoms with Crippen LogP contribution < -0.4 is 5.32 Å². The monoisotopic (exact) mass is 326 g/mol. The maximum absolute atomic E-state index is 12.2. The zero-order chi connectivity index (χ0) is 15.6. The third-order valence-corrected chi connectivity index (χ3v) is 3.87. The number of nitrogens with one attached hydrogen (secondary N) is 1. The van der Waals surface area contributed by atoms with E-state index in [-0.39, 0.29) is 10.7 Å². The summed E-state index contributed by atoms with van der Waals surface area (Å²) in [4.78, 5) is 31.3. The van der Waals surface area contributed by atoms with Crippen LogP contribution in [-0.4, -0.2) is 20.8 Å². The molecule has 1 N–H and O–H groups in total. The highest BCUT2D eigenvalue weighted by molar-refractivity contribution is 7.15. The molecular formula is C12H11ClN4O3S. The Morgan fingerprint density at radius 2 is 2.29 bits per heavy atom. The van der Waals surface area contributed by atoms with Gasteiger partial charge in [0.05, 0.1) is 10.6 Å². The molecule has 2 heterocycles. The average Bonchev–Trinajstić information content (AvgIpc) is 2.78. The van der Waals surface area contributed by atoms with Crippen LogP contribution in [0.25, 0.3) is 0 Å². The summed E-state index contributed by atoms with van der Waals surface area (Å²) in [5, 5.41) is 13.9. The molecule has 1 amide bonds. The van der Waals surface area contributed by atoms with E-state index in [2.05, 4.69) is 15.3 Å². The zero-order valence-electron chi connectivity index (χ0n) is 11.2. The van der Waals surface area contributed by atoms with Crippen molar-refractivity contribution >= 4 is 39.7 Å². The molecule has 9 heteroatoms. The first-order valence-electron chi connectivity index (χ1n) is 6.00. The number of hydrogen-bond donors (Lipinski definition) is 1. The third-order valence-electron chi connectivity index (χ3n) is 2.74. The van der Waals surface area contributed by atoms with Crippen molar-refractivity contribution in [1.82, 2.24) is 9.97 Å². The molecule has 0 aromatic carbocycles. The van der Waals surface area contributed by atoms with Gasteiger partial charge in [-0.2, -0.15) is 0 Å². The van der Waals surface area contributed by atoms with Gasteiger partial charge in [0.2, 0.25) is 0 Å². The molecule has 2 aromatic heterocycles. The van der Waals surface area contributed by atoms with Gasteiger partial charge in [-0.1, -0.05) is 18.5 Å². The van der Waals surface area contributed by atoms with Crippen molar-refractivity contribution in [2.75, 3.05) is 5.32 Å². The van der Waals surface area contributed by atoms with Crippen LogP contribution in [0.4, 0.5) is 10.8 Å². The summed E-state index contributed by atoms with van der Waals surface area (Å²) < 4.78 is 0. The highest BCUT2D eigenvalue weighted by Crippen LogP contribution is 2.25. The summed E-state index contributed by atoms with van der Waals surface area (Å²) in [6.45, 7) is 3.86. The largest absolute Gasteiger partial charge is 0.300 e. The van der Waals surface area contributed by atoms with Crippen molar-refractivity contribution < 1.29 is 9.72 Å². The number of nitrogens with zero attached hydrogens (tertiary/aromatic N) is 3. The Labute approximate surface area is 129 Å². The van der Waals surface area contributed by atoms with Gasteiger partial charge >= 0.3 is 0 Å². The van der Waals surface area contributed by atoms with Crippen LogP contribution in [0, 0.1) is 17.0 Å². The van der Waals surface area contributed by atoms with Crippen molar-refractivity contribution in [2.24, 2.45) is 0 Å². The number of carbonyl (C=O) groups is 1. The Hall–Kier alpha value is -2.06. The Morgan fingerprint density at radius 3 is 2.86 bits per heavy atom. The molecule has 0 radical (unpaired) electrons. The second-order valence-corrected chi connectivity index (χ2v) is 5.70. The van der Waals surface area contributed by atoms with E-state index in [0.717, 1.165) is 29.3 Å². The molecule has 0 aliphatic heterocycles. The van der Waals surface area contributed by atoms with Crippen molar-refractivity contribution in [1.29, 1.82) is 0 Å². The molecule has 2 rings (SSSR count). The van der Waals surface area contributed by atoms with E-state index in [1.807, 2.05) is 13.8 Å². The van der Waals surface area contributed by atoms with Gasteiger partial charge in [0.15, 0.2) is 5.13 Å². The topological polar surface area (TPSA) is 98.0 Å². The van der Waals surface area contributed by atoms with Gasteiger partial charge in [-0.25, -0.2) is 9.97 Å². The van der Waals surface area contributed by atoms with Crippen molar-refractivity contribution in [3.8, 4) is 0 Å². The van der Waals surface area contributed by atoms with Crippen LogP contribution in [-0.2, 0) is 6.42 Å². The number of nitro groups is 1. The summed E-state index contributed by atoms with van der Waals surface area (Å²) in [6.07, 6.45) is 1.71. The predicted molar refractivity (Wildman–Crippen MR) is 80.1 cm³/mol. The first-order valence-corrected chi connectivity index (χ1v) is 7.19. The molecule has 7 nitrogen and oxygen atoms in total. The zero-order valence-corrected chi connectivity index (χ0v) is 12.8. The maximum atomic E-state index is 12.2. The predicted octanol–water partition coefficient (Wildman–Crippen LogP) is 3.22. The van der Waals surface area contributed by atoms with Crippen LogP contribution in [0.15, 0.2) is 12.3 Å². The first kappa shape index (κ1) is 15.3. The molecule has 21 heavy (non-hydrogen) atoms. The number of anilines is 1. The van der Waals surface area contributed by atoms with Crippen molar-refractivity contribution in [2.45, 2.75) is 20.3 Å². The second kappa shape index (κ2) is 6.15. The number of rotatable bonds is 4. The number of carbonyl (C=O) groups excluding carboxylic acids is 1. The maximum Gasteiger partial charge on any atom is 0.300 e. The van der Waals surface area contributed by atoms with Gasteiger partial charge in [-0.05, 0) is 19.4 Å². The van der Waals surface area contributed by atoms with E-state index in [9.17, 15) is 14.9 Å². The average molecular weight is 327 g/mol. The minimum atomic E-state index is -0.678. The lowest BCUT2D eigenvalue weighted by molar-refractivity contribution is -0.385. The van der Waals surface area contributed by atoms with E-state index in [0.29, 0.717) is 5.13 Å². The molecule has 0 bridgehead atoms. The summed E-state index contributed by atoms with van der Waals surface area (Å²) in [5.41, 5.74) is 0.337. The van der Waals surface area contributed by atoms with Gasteiger partial charge in [-0.3, -0.25) is 20.2 Å². The summed E-state index contributed by atoms with van der Waals surface area (Å²) in [6, 6.07) is 1.16. The quantitative estimate of drug-likeness (QED) is 0.528. The molecular weight excluding hydrogens is 316 g/mol. The van der Waals surface area contributed by atoms with E-state index in [1.54, 1.807) is 0 Å². The highest BCUT2D eigenvalue weighted by atomic mass is 35.5. The molecule has 0 atom stereocenters. The molecule has 0 aliphatic rings. The van der Waals surface area contributed by atoms with Gasteiger partial charge < -0.3 is 0 Å². The highest BCUT2D eigenvalue weighted by Gasteiger charge is 2.22. The van der Waals surface area contributed by atoms with Crippen LogP contribution in [0.1, 0.15) is 27.9 Å². The molecule has 2 aromatic rings. The van der Waals surface area contributed by atoms with Gasteiger partial charge in [0.1, 0.15) is 16.9 Å². The number of amides is 1. The lowest BCUT2D eigenvalue weighted by Gasteiger charge is -2.03. The minimum Gasteiger partial charge on any atom is -0.298 e. The smallest absolute Gasteiger partial charge is 0.298 e.